The molecule has 3 rings (SSSR count). The summed E-state index contributed by atoms with van der Waals surface area (Å²) < 4.78 is 46.3. The highest BCUT2D eigenvalue weighted by Crippen LogP contribution is 2.34. The fourth-order valence-corrected chi connectivity index (χ4v) is 2.93. The third-order valence-corrected chi connectivity index (χ3v) is 4.34. The first-order chi connectivity index (χ1) is 13.8. The molecule has 0 unspecified atom stereocenters. The van der Waals surface area contributed by atoms with Crippen molar-refractivity contribution < 1.29 is 22.7 Å². The molecule has 0 radical (unpaired) electrons. The average molecular weight is 403 g/mol. The van der Waals surface area contributed by atoms with E-state index < -0.39 is 11.7 Å². The van der Waals surface area contributed by atoms with E-state index in [9.17, 15) is 18.0 Å². The molecule has 0 aliphatic carbocycles. The van der Waals surface area contributed by atoms with Crippen molar-refractivity contribution >= 4 is 11.7 Å². The van der Waals surface area contributed by atoms with Crippen LogP contribution in [0, 0.1) is 6.92 Å². The minimum Gasteiger partial charge on any atom is -0.497 e. The lowest BCUT2D eigenvalue weighted by Crippen LogP contribution is -2.17. The maximum atomic E-state index is 13.4. The summed E-state index contributed by atoms with van der Waals surface area (Å²) in [5.41, 5.74) is 0.482. The zero-order valence-corrected chi connectivity index (χ0v) is 16.0. The maximum absolute atomic E-state index is 13.4. The number of para-hydroxylation sites is 1. The van der Waals surface area contributed by atoms with E-state index in [0.717, 1.165) is 22.1 Å². The number of carbonyl (C=O) groups excluding carboxylic acids is 1. The van der Waals surface area contributed by atoms with E-state index in [-0.39, 0.29) is 23.8 Å². The molecule has 0 saturated carbocycles. The number of benzene rings is 2. The van der Waals surface area contributed by atoms with Crippen molar-refractivity contribution in [2.75, 3.05) is 12.4 Å². The Morgan fingerprint density at radius 3 is 2.48 bits per heavy atom. The molecule has 0 aliphatic heterocycles. The number of aromatic nitrogens is 2. The van der Waals surface area contributed by atoms with Gasteiger partial charge in [0.1, 0.15) is 11.6 Å². The summed E-state index contributed by atoms with van der Waals surface area (Å²) in [6.45, 7) is 1.65. The van der Waals surface area contributed by atoms with Crippen molar-refractivity contribution in [3.63, 3.8) is 0 Å². The van der Waals surface area contributed by atoms with Gasteiger partial charge in [-0.3, -0.25) is 4.79 Å². The second-order valence-electron chi connectivity index (χ2n) is 6.49. The van der Waals surface area contributed by atoms with Crippen LogP contribution in [0.15, 0.2) is 54.6 Å². The number of hydrogen-bond donors (Lipinski definition) is 1. The molecule has 0 bridgehead atoms. The Hall–Kier alpha value is -3.29. The molecule has 152 valence electrons. The predicted octanol–water partition coefficient (Wildman–Crippen LogP) is 4.78. The molecule has 0 saturated heterocycles. The van der Waals surface area contributed by atoms with Gasteiger partial charge in [0.05, 0.1) is 24.1 Å². The van der Waals surface area contributed by atoms with Crippen LogP contribution >= 0.6 is 0 Å². The van der Waals surface area contributed by atoms with Gasteiger partial charge in [-0.05, 0) is 43.2 Å². The van der Waals surface area contributed by atoms with E-state index in [1.54, 1.807) is 32.2 Å². The molecule has 2 aromatic carbocycles. The molecule has 0 atom stereocenters. The minimum atomic E-state index is -4.54. The van der Waals surface area contributed by atoms with E-state index in [4.69, 9.17) is 4.74 Å². The van der Waals surface area contributed by atoms with Gasteiger partial charge < -0.3 is 10.1 Å². The second-order valence-corrected chi connectivity index (χ2v) is 6.49. The number of carbonyl (C=O) groups is 1. The number of aryl methyl sites for hydroxylation is 2. The SMILES string of the molecule is COc1ccc(CCC(=O)Nc2cc(C)nn2-c2ccccc2C(F)(F)F)cc1. The van der Waals surface area contributed by atoms with Crippen LogP contribution in [-0.2, 0) is 17.4 Å². The summed E-state index contributed by atoms with van der Waals surface area (Å²) in [7, 11) is 1.57. The molecule has 29 heavy (non-hydrogen) atoms. The number of halogens is 3. The Kier molecular flexibility index (Phi) is 5.91. The maximum Gasteiger partial charge on any atom is 0.418 e. The highest BCUT2D eigenvalue weighted by atomic mass is 19.4. The molecule has 5 nitrogen and oxygen atoms in total. The largest absolute Gasteiger partial charge is 0.497 e. The number of methoxy groups -OCH3 is 1. The van der Waals surface area contributed by atoms with Crippen LogP contribution < -0.4 is 10.1 Å². The third-order valence-electron chi connectivity index (χ3n) is 4.34. The number of hydrogen-bond acceptors (Lipinski definition) is 3. The summed E-state index contributed by atoms with van der Waals surface area (Å²) >= 11 is 0. The molecule has 8 heteroatoms. The normalized spacial score (nSPS) is 11.3. The highest BCUT2D eigenvalue weighted by molar-refractivity contribution is 5.90. The lowest BCUT2D eigenvalue weighted by molar-refractivity contribution is -0.137. The van der Waals surface area contributed by atoms with Crippen molar-refractivity contribution in [1.82, 2.24) is 9.78 Å². The Morgan fingerprint density at radius 2 is 1.83 bits per heavy atom. The molecule has 0 aliphatic rings. The number of nitrogens with zero attached hydrogens (tertiary/aromatic N) is 2. The Morgan fingerprint density at radius 1 is 1.14 bits per heavy atom. The van der Waals surface area contributed by atoms with E-state index in [0.29, 0.717) is 12.1 Å². The summed E-state index contributed by atoms with van der Waals surface area (Å²) in [4.78, 5) is 12.4. The molecular weight excluding hydrogens is 383 g/mol. The number of ether oxygens (including phenoxy) is 1. The van der Waals surface area contributed by atoms with Gasteiger partial charge in [0, 0.05) is 12.5 Å². The number of alkyl halides is 3. The van der Waals surface area contributed by atoms with E-state index in [2.05, 4.69) is 10.4 Å². The molecule has 1 heterocycles. The van der Waals surface area contributed by atoms with Crippen LogP contribution in [0.1, 0.15) is 23.2 Å². The van der Waals surface area contributed by atoms with Crippen molar-refractivity contribution in [3.05, 3.63) is 71.4 Å². The zero-order chi connectivity index (χ0) is 21.0. The molecule has 3 aromatic rings. The average Bonchev–Trinajstić information content (AvgIpc) is 3.06. The lowest BCUT2D eigenvalue weighted by Gasteiger charge is -2.15. The Balaban J connectivity index is 1.76. The van der Waals surface area contributed by atoms with Gasteiger partial charge in [-0.1, -0.05) is 24.3 Å². The van der Waals surface area contributed by atoms with E-state index in [1.807, 2.05) is 12.1 Å². The number of rotatable bonds is 6. The molecule has 1 N–H and O–H groups in total. The van der Waals surface area contributed by atoms with E-state index in [1.165, 1.54) is 18.2 Å². The quantitative estimate of drug-likeness (QED) is 0.645. The topological polar surface area (TPSA) is 56.1 Å². The van der Waals surface area contributed by atoms with Gasteiger partial charge >= 0.3 is 6.18 Å². The van der Waals surface area contributed by atoms with Gasteiger partial charge in [0.15, 0.2) is 0 Å². The van der Waals surface area contributed by atoms with Gasteiger partial charge in [-0.15, -0.1) is 0 Å². The van der Waals surface area contributed by atoms with Crippen molar-refractivity contribution in [1.29, 1.82) is 0 Å². The fourth-order valence-electron chi connectivity index (χ4n) is 2.93. The first kappa shape index (κ1) is 20.4. The van der Waals surface area contributed by atoms with Gasteiger partial charge in [0.25, 0.3) is 0 Å². The number of amides is 1. The van der Waals surface area contributed by atoms with Crippen molar-refractivity contribution in [2.24, 2.45) is 0 Å². The Bertz CT molecular complexity index is 995. The van der Waals surface area contributed by atoms with Crippen molar-refractivity contribution in [3.8, 4) is 11.4 Å². The van der Waals surface area contributed by atoms with Crippen LogP contribution in [-0.4, -0.2) is 22.8 Å². The predicted molar refractivity (Wildman–Crippen MR) is 103 cm³/mol. The Labute approximate surface area is 166 Å². The first-order valence-electron chi connectivity index (χ1n) is 8.94. The summed E-state index contributed by atoms with van der Waals surface area (Å²) in [6.07, 6.45) is -3.87. The van der Waals surface area contributed by atoms with Crippen LogP contribution in [0.5, 0.6) is 5.75 Å². The van der Waals surface area contributed by atoms with Crippen LogP contribution in [0.25, 0.3) is 5.69 Å². The smallest absolute Gasteiger partial charge is 0.418 e. The first-order valence-corrected chi connectivity index (χ1v) is 8.94. The van der Waals surface area contributed by atoms with Crippen LogP contribution in [0.4, 0.5) is 19.0 Å². The van der Waals surface area contributed by atoms with Crippen LogP contribution in [0.2, 0.25) is 0 Å². The number of nitrogens with one attached hydrogen (secondary N) is 1. The molecule has 1 amide bonds. The highest BCUT2D eigenvalue weighted by Gasteiger charge is 2.34. The molecular formula is C21H20F3N3O2. The third kappa shape index (κ3) is 4.96. The number of anilines is 1. The van der Waals surface area contributed by atoms with Gasteiger partial charge in [-0.25, -0.2) is 4.68 Å². The summed E-state index contributed by atoms with van der Waals surface area (Å²) in [5.74, 6) is 0.603. The fraction of sp³-hybridized carbons (Fsp3) is 0.238. The second kappa shape index (κ2) is 8.38. The lowest BCUT2D eigenvalue weighted by atomic mass is 10.1. The summed E-state index contributed by atoms with van der Waals surface area (Å²) in [5, 5.41) is 6.80. The van der Waals surface area contributed by atoms with Gasteiger partial charge in [-0.2, -0.15) is 18.3 Å². The standard InChI is InChI=1S/C21H20F3N3O2/c1-14-13-19(25-20(28)12-9-15-7-10-16(29-2)11-8-15)27(26-14)18-6-4-3-5-17(18)21(22,23)24/h3-8,10-11,13H,9,12H2,1-2H3,(H,25,28). The monoisotopic (exact) mass is 403 g/mol. The van der Waals surface area contributed by atoms with Crippen molar-refractivity contribution in [2.45, 2.75) is 25.9 Å². The molecule has 0 spiro atoms. The minimum absolute atomic E-state index is 0.140. The molecule has 1 aromatic heterocycles. The van der Waals surface area contributed by atoms with Gasteiger partial charge in [0.2, 0.25) is 5.91 Å². The molecule has 0 fully saturated rings. The van der Waals surface area contributed by atoms with Crippen LogP contribution in [0.3, 0.4) is 0 Å². The van der Waals surface area contributed by atoms with E-state index >= 15 is 0 Å². The zero-order valence-electron chi connectivity index (χ0n) is 16.0. The summed E-state index contributed by atoms with van der Waals surface area (Å²) in [6, 6.07) is 14.0.